The number of benzene rings is 2. The van der Waals surface area contributed by atoms with Gasteiger partial charge in [0.15, 0.2) is 4.80 Å². The first-order valence-corrected chi connectivity index (χ1v) is 11.9. The van der Waals surface area contributed by atoms with Gasteiger partial charge in [0.05, 0.1) is 34.6 Å². The molecule has 0 saturated heterocycles. The zero-order chi connectivity index (χ0) is 24.4. The number of esters is 1. The van der Waals surface area contributed by atoms with Crippen molar-refractivity contribution in [2.75, 3.05) is 6.61 Å². The summed E-state index contributed by atoms with van der Waals surface area (Å²) >= 11 is 1.27. The van der Waals surface area contributed by atoms with Crippen molar-refractivity contribution < 1.29 is 19.4 Å². The van der Waals surface area contributed by atoms with Crippen molar-refractivity contribution in [3.8, 4) is 11.5 Å². The summed E-state index contributed by atoms with van der Waals surface area (Å²) in [5, 5.41) is 9.75. The van der Waals surface area contributed by atoms with Crippen molar-refractivity contribution in [3.05, 3.63) is 90.6 Å². The van der Waals surface area contributed by atoms with E-state index in [1.165, 1.54) is 28.0 Å². The Hall–Kier alpha value is -3.65. The van der Waals surface area contributed by atoms with Crippen LogP contribution in [0.5, 0.6) is 11.5 Å². The van der Waals surface area contributed by atoms with Crippen LogP contribution in [0.25, 0.3) is 6.08 Å². The fourth-order valence-corrected chi connectivity index (χ4v) is 4.88. The predicted octanol–water partition coefficient (Wildman–Crippen LogP) is 3.29. The van der Waals surface area contributed by atoms with Gasteiger partial charge in [-0.1, -0.05) is 35.6 Å². The van der Waals surface area contributed by atoms with Gasteiger partial charge >= 0.3 is 5.97 Å². The Balaban J connectivity index is 1.85. The average Bonchev–Trinajstić information content (AvgIpc) is 3.09. The summed E-state index contributed by atoms with van der Waals surface area (Å²) in [6.45, 7) is 7.61. The molecule has 176 valence electrons. The molecule has 8 heteroatoms. The number of aromatic nitrogens is 1. The normalized spacial score (nSPS) is 15.8. The van der Waals surface area contributed by atoms with E-state index in [0.717, 1.165) is 11.3 Å². The molecule has 1 aromatic heterocycles. The number of fused-ring (bicyclic) bond motifs is 1. The van der Waals surface area contributed by atoms with Crippen molar-refractivity contribution in [3.63, 3.8) is 0 Å². The number of aromatic hydroxyl groups is 1. The molecule has 7 nitrogen and oxygen atoms in total. The van der Waals surface area contributed by atoms with Crippen LogP contribution in [0, 0.1) is 0 Å². The first-order chi connectivity index (χ1) is 16.3. The quantitative estimate of drug-likeness (QED) is 0.549. The minimum absolute atomic E-state index is 0.0753. The SMILES string of the molecule is CCOC(=O)C1=C(C)N=c2sc(=Cc3ccc(OC(C)C)cc3)c(=O)n2[C@@H]1c1ccc(O)cc1. The van der Waals surface area contributed by atoms with E-state index < -0.39 is 12.0 Å². The van der Waals surface area contributed by atoms with Crippen molar-refractivity contribution >= 4 is 23.4 Å². The summed E-state index contributed by atoms with van der Waals surface area (Å²) in [5.74, 6) is 0.340. The van der Waals surface area contributed by atoms with Crippen molar-refractivity contribution in [2.24, 2.45) is 4.99 Å². The van der Waals surface area contributed by atoms with Gasteiger partial charge in [-0.05, 0) is 69.2 Å². The summed E-state index contributed by atoms with van der Waals surface area (Å²) in [4.78, 5) is 31.5. The lowest BCUT2D eigenvalue weighted by atomic mass is 9.96. The lowest BCUT2D eigenvalue weighted by Crippen LogP contribution is -2.39. The maximum absolute atomic E-state index is 13.5. The summed E-state index contributed by atoms with van der Waals surface area (Å²) in [7, 11) is 0. The molecule has 1 aliphatic rings. The Morgan fingerprint density at radius 2 is 1.85 bits per heavy atom. The second kappa shape index (κ2) is 9.69. The van der Waals surface area contributed by atoms with Crippen LogP contribution in [-0.4, -0.2) is 28.4 Å². The summed E-state index contributed by atoms with van der Waals surface area (Å²) in [5.41, 5.74) is 2.08. The van der Waals surface area contributed by atoms with Gasteiger partial charge in [-0.15, -0.1) is 0 Å². The molecule has 0 aliphatic carbocycles. The van der Waals surface area contributed by atoms with E-state index in [-0.39, 0.29) is 24.0 Å². The Morgan fingerprint density at radius 1 is 1.18 bits per heavy atom. The fraction of sp³-hybridized carbons (Fsp3) is 0.269. The number of hydrogen-bond acceptors (Lipinski definition) is 7. The molecule has 3 aromatic rings. The summed E-state index contributed by atoms with van der Waals surface area (Å²) in [6.07, 6.45) is 1.88. The first kappa shape index (κ1) is 23.5. The molecular weight excluding hydrogens is 452 g/mol. The zero-order valence-electron chi connectivity index (χ0n) is 19.4. The van der Waals surface area contributed by atoms with E-state index in [9.17, 15) is 14.7 Å². The van der Waals surface area contributed by atoms with Crippen LogP contribution in [0.4, 0.5) is 0 Å². The number of hydrogen-bond donors (Lipinski definition) is 1. The lowest BCUT2D eigenvalue weighted by Gasteiger charge is -2.24. The van der Waals surface area contributed by atoms with E-state index in [4.69, 9.17) is 9.47 Å². The molecule has 1 atom stereocenters. The van der Waals surface area contributed by atoms with Crippen molar-refractivity contribution in [1.29, 1.82) is 0 Å². The molecule has 0 bridgehead atoms. The molecule has 2 heterocycles. The molecule has 0 saturated carbocycles. The molecule has 4 rings (SSSR count). The second-order valence-electron chi connectivity index (χ2n) is 8.13. The minimum Gasteiger partial charge on any atom is -0.508 e. The van der Waals surface area contributed by atoms with Crippen LogP contribution in [-0.2, 0) is 9.53 Å². The number of thiazole rings is 1. The third kappa shape index (κ3) is 4.68. The van der Waals surface area contributed by atoms with Crippen molar-refractivity contribution in [2.45, 2.75) is 39.8 Å². The Bertz CT molecular complexity index is 1410. The average molecular weight is 479 g/mol. The van der Waals surface area contributed by atoms with Gasteiger partial charge in [0, 0.05) is 0 Å². The third-order valence-electron chi connectivity index (χ3n) is 5.28. The van der Waals surface area contributed by atoms with E-state index >= 15 is 0 Å². The Morgan fingerprint density at radius 3 is 2.47 bits per heavy atom. The van der Waals surface area contributed by atoms with Crippen molar-refractivity contribution in [1.82, 2.24) is 4.57 Å². The van der Waals surface area contributed by atoms with Crippen LogP contribution in [0.2, 0.25) is 0 Å². The molecule has 0 unspecified atom stereocenters. The Labute approximate surface area is 200 Å². The standard InChI is InChI=1S/C26H26N2O5S/c1-5-32-25(31)22-16(4)27-26-28(23(22)18-8-10-19(29)11-9-18)24(30)21(34-26)14-17-6-12-20(13-7-17)33-15(2)3/h6-15,23,29H,5H2,1-4H3/t23-/m1/s1. The van der Waals surface area contributed by atoms with Gasteiger partial charge in [-0.2, -0.15) is 0 Å². The molecule has 0 radical (unpaired) electrons. The number of ether oxygens (including phenoxy) is 2. The Kier molecular flexibility index (Phi) is 6.70. The van der Waals surface area contributed by atoms with Crippen LogP contribution in [0.1, 0.15) is 44.9 Å². The molecule has 0 fully saturated rings. The molecule has 0 amide bonds. The van der Waals surface area contributed by atoms with E-state index in [1.54, 1.807) is 32.1 Å². The highest BCUT2D eigenvalue weighted by molar-refractivity contribution is 7.07. The van der Waals surface area contributed by atoms with Gasteiger partial charge in [-0.25, -0.2) is 9.79 Å². The van der Waals surface area contributed by atoms with E-state index in [2.05, 4.69) is 4.99 Å². The maximum Gasteiger partial charge on any atom is 0.338 e. The van der Waals surface area contributed by atoms with Gasteiger partial charge in [-0.3, -0.25) is 9.36 Å². The first-order valence-electron chi connectivity index (χ1n) is 11.0. The highest BCUT2D eigenvalue weighted by atomic mass is 32.1. The monoisotopic (exact) mass is 478 g/mol. The number of nitrogens with zero attached hydrogens (tertiary/aromatic N) is 2. The minimum atomic E-state index is -0.708. The van der Waals surface area contributed by atoms with Crippen LogP contribution >= 0.6 is 11.3 Å². The highest BCUT2D eigenvalue weighted by Gasteiger charge is 2.33. The molecular formula is C26H26N2O5S. The van der Waals surface area contributed by atoms with Crippen LogP contribution in [0.3, 0.4) is 0 Å². The van der Waals surface area contributed by atoms with Crippen LogP contribution < -0.4 is 19.6 Å². The van der Waals surface area contributed by atoms with Gasteiger partial charge in [0.1, 0.15) is 11.5 Å². The number of carbonyl (C=O) groups excluding carboxylic acids is 1. The van der Waals surface area contributed by atoms with Gasteiger partial charge < -0.3 is 14.6 Å². The number of rotatable bonds is 6. The number of phenolic OH excluding ortho intramolecular Hbond substituents is 1. The lowest BCUT2D eigenvalue weighted by molar-refractivity contribution is -0.139. The number of allylic oxidation sites excluding steroid dienone is 1. The fourth-order valence-electron chi connectivity index (χ4n) is 3.83. The topological polar surface area (TPSA) is 90.1 Å². The van der Waals surface area contributed by atoms with Crippen LogP contribution in [0.15, 0.2) is 69.6 Å². The predicted molar refractivity (Wildman–Crippen MR) is 131 cm³/mol. The largest absolute Gasteiger partial charge is 0.508 e. The summed E-state index contributed by atoms with van der Waals surface area (Å²) < 4.78 is 13.0. The zero-order valence-corrected chi connectivity index (χ0v) is 20.3. The second-order valence-corrected chi connectivity index (χ2v) is 9.14. The molecule has 1 N–H and O–H groups in total. The number of carbonyl (C=O) groups is 1. The van der Waals surface area contributed by atoms with Gasteiger partial charge in [0.25, 0.3) is 5.56 Å². The molecule has 34 heavy (non-hydrogen) atoms. The molecule has 0 spiro atoms. The maximum atomic E-state index is 13.5. The van der Waals surface area contributed by atoms with E-state index in [0.29, 0.717) is 26.2 Å². The molecule has 2 aromatic carbocycles. The molecule has 1 aliphatic heterocycles. The highest BCUT2D eigenvalue weighted by Crippen LogP contribution is 2.31. The van der Waals surface area contributed by atoms with Gasteiger partial charge in [0.2, 0.25) is 0 Å². The number of phenols is 1. The smallest absolute Gasteiger partial charge is 0.338 e. The summed E-state index contributed by atoms with van der Waals surface area (Å²) in [6, 6.07) is 13.3. The third-order valence-corrected chi connectivity index (χ3v) is 6.26. The van der Waals surface area contributed by atoms with E-state index in [1.807, 2.05) is 38.1 Å².